The van der Waals surface area contributed by atoms with Crippen LogP contribution < -0.4 is 0 Å². The first-order chi connectivity index (χ1) is 13.0. The number of aromatic nitrogens is 2. The summed E-state index contributed by atoms with van der Waals surface area (Å²) in [7, 11) is 0. The fraction of sp³-hybridized carbons (Fsp3) is 0.136. The van der Waals surface area contributed by atoms with Gasteiger partial charge in [0.2, 0.25) is 0 Å². The van der Waals surface area contributed by atoms with Gasteiger partial charge in [-0.1, -0.05) is 29.8 Å². The molecule has 2 aromatic heterocycles. The second kappa shape index (κ2) is 6.26. The molecular weight excluding hydrogens is 338 g/mol. The fourth-order valence-electron chi connectivity index (χ4n) is 3.71. The van der Waals surface area contributed by atoms with E-state index in [1.165, 1.54) is 0 Å². The maximum absolute atomic E-state index is 11.4. The van der Waals surface area contributed by atoms with Crippen molar-refractivity contribution in [3.8, 4) is 17.2 Å². The first-order valence-corrected chi connectivity index (χ1v) is 8.61. The van der Waals surface area contributed by atoms with Crippen molar-refractivity contribution in [3.63, 3.8) is 0 Å². The maximum Gasteiger partial charge on any atom is 0.323 e. The second-order valence-corrected chi connectivity index (χ2v) is 6.64. The first-order valence-electron chi connectivity index (χ1n) is 8.61. The minimum Gasteiger partial charge on any atom is -0.480 e. The summed E-state index contributed by atoms with van der Waals surface area (Å²) in [5.74, 6) is -0.889. The highest BCUT2D eigenvalue weighted by atomic mass is 16.4. The van der Waals surface area contributed by atoms with E-state index in [-0.39, 0.29) is 6.54 Å². The van der Waals surface area contributed by atoms with Gasteiger partial charge in [-0.15, -0.1) is 0 Å². The predicted molar refractivity (Wildman–Crippen MR) is 104 cm³/mol. The third kappa shape index (κ3) is 2.72. The van der Waals surface area contributed by atoms with Crippen molar-refractivity contribution in [1.29, 1.82) is 5.26 Å². The molecule has 5 nitrogen and oxygen atoms in total. The Balaban J connectivity index is 2.16. The van der Waals surface area contributed by atoms with E-state index in [0.29, 0.717) is 5.69 Å². The molecule has 2 aromatic carbocycles. The summed E-state index contributed by atoms with van der Waals surface area (Å²) < 4.78 is 1.81. The first kappa shape index (κ1) is 16.8. The van der Waals surface area contributed by atoms with Crippen LogP contribution in [0.2, 0.25) is 0 Å². The molecule has 0 aliphatic heterocycles. The van der Waals surface area contributed by atoms with Gasteiger partial charge in [0.25, 0.3) is 0 Å². The standard InChI is InChI=1S/C22H17N3O2/c1-13-7-8-20-18(9-13)22(14(2)25(20)12-21(26)27)17-10-15(11-23)24-19-6-4-3-5-16(17)19/h3-10H,12H2,1-2H3,(H,26,27). The fourth-order valence-corrected chi connectivity index (χ4v) is 3.71. The SMILES string of the molecule is Cc1ccc2c(c1)c(-c1cc(C#N)nc3ccccc13)c(C)n2CC(=O)O. The molecule has 132 valence electrons. The van der Waals surface area contributed by atoms with Gasteiger partial charge in [-0.05, 0) is 43.7 Å². The number of carboxylic acids is 1. The van der Waals surface area contributed by atoms with E-state index in [9.17, 15) is 15.2 Å². The van der Waals surface area contributed by atoms with Crippen LogP contribution in [0, 0.1) is 25.2 Å². The Morgan fingerprint density at radius 2 is 1.93 bits per heavy atom. The number of carboxylic acid groups (broad SMARTS) is 1. The summed E-state index contributed by atoms with van der Waals surface area (Å²) in [6.07, 6.45) is 0. The van der Waals surface area contributed by atoms with Crippen molar-refractivity contribution in [1.82, 2.24) is 9.55 Å². The highest BCUT2D eigenvalue weighted by Crippen LogP contribution is 2.38. The number of fused-ring (bicyclic) bond motifs is 2. The molecule has 0 aliphatic carbocycles. The average Bonchev–Trinajstić information content (AvgIpc) is 2.91. The molecular formula is C22H17N3O2. The number of carbonyl (C=O) groups is 1. The van der Waals surface area contributed by atoms with Gasteiger partial charge in [0.15, 0.2) is 0 Å². The summed E-state index contributed by atoms with van der Waals surface area (Å²) in [5.41, 5.74) is 5.76. The van der Waals surface area contributed by atoms with Gasteiger partial charge in [0, 0.05) is 27.5 Å². The Labute approximate surface area is 156 Å². The molecule has 0 aliphatic rings. The molecule has 27 heavy (non-hydrogen) atoms. The van der Waals surface area contributed by atoms with Crippen LogP contribution in [0.4, 0.5) is 0 Å². The van der Waals surface area contributed by atoms with Crippen LogP contribution >= 0.6 is 0 Å². The van der Waals surface area contributed by atoms with Crippen molar-refractivity contribution in [2.45, 2.75) is 20.4 Å². The van der Waals surface area contributed by atoms with Gasteiger partial charge in [0.05, 0.1) is 5.52 Å². The molecule has 0 saturated heterocycles. The van der Waals surface area contributed by atoms with E-state index >= 15 is 0 Å². The van der Waals surface area contributed by atoms with Crippen LogP contribution in [0.25, 0.3) is 32.9 Å². The average molecular weight is 355 g/mol. The van der Waals surface area contributed by atoms with Crippen LogP contribution in [0.3, 0.4) is 0 Å². The van der Waals surface area contributed by atoms with Gasteiger partial charge in [-0.2, -0.15) is 5.26 Å². The highest BCUT2D eigenvalue weighted by Gasteiger charge is 2.20. The number of benzene rings is 2. The summed E-state index contributed by atoms with van der Waals surface area (Å²) in [6, 6.07) is 17.6. The number of hydrogen-bond acceptors (Lipinski definition) is 3. The number of aryl methyl sites for hydroxylation is 1. The number of rotatable bonds is 3. The third-order valence-corrected chi connectivity index (χ3v) is 4.87. The third-order valence-electron chi connectivity index (χ3n) is 4.87. The lowest BCUT2D eigenvalue weighted by atomic mass is 9.97. The zero-order valence-electron chi connectivity index (χ0n) is 15.0. The molecule has 4 aromatic rings. The van der Waals surface area contributed by atoms with Crippen molar-refractivity contribution in [3.05, 3.63) is 65.5 Å². The van der Waals surface area contributed by atoms with Gasteiger partial charge >= 0.3 is 5.97 Å². The van der Waals surface area contributed by atoms with Gasteiger partial charge in [-0.25, -0.2) is 4.98 Å². The van der Waals surface area contributed by atoms with Crippen LogP contribution in [0.1, 0.15) is 17.0 Å². The zero-order chi connectivity index (χ0) is 19.1. The number of nitriles is 1. The van der Waals surface area contributed by atoms with E-state index in [2.05, 4.69) is 17.1 Å². The highest BCUT2D eigenvalue weighted by molar-refractivity contribution is 6.06. The minimum atomic E-state index is -0.889. The molecule has 0 bridgehead atoms. The van der Waals surface area contributed by atoms with Crippen LogP contribution in [-0.4, -0.2) is 20.6 Å². The van der Waals surface area contributed by atoms with Crippen LogP contribution in [0.5, 0.6) is 0 Å². The molecule has 0 amide bonds. The molecule has 4 rings (SSSR count). The summed E-state index contributed by atoms with van der Waals surface area (Å²) in [5, 5.41) is 20.7. The predicted octanol–water partition coefficient (Wildman–Crippen LogP) is 4.43. The molecule has 5 heteroatoms. The summed E-state index contributed by atoms with van der Waals surface area (Å²) in [6.45, 7) is 3.83. The van der Waals surface area contributed by atoms with Gasteiger partial charge in [0.1, 0.15) is 18.3 Å². The van der Waals surface area contributed by atoms with Crippen molar-refractivity contribution >= 4 is 27.8 Å². The minimum absolute atomic E-state index is 0.112. The van der Waals surface area contributed by atoms with E-state index in [0.717, 1.165) is 44.2 Å². The summed E-state index contributed by atoms with van der Waals surface area (Å²) in [4.78, 5) is 15.8. The zero-order valence-corrected chi connectivity index (χ0v) is 15.0. The van der Waals surface area contributed by atoms with Crippen LogP contribution in [0.15, 0.2) is 48.5 Å². The Morgan fingerprint density at radius 3 is 2.67 bits per heavy atom. The molecule has 0 unspecified atom stereocenters. The van der Waals surface area contributed by atoms with E-state index < -0.39 is 5.97 Å². The van der Waals surface area contributed by atoms with E-state index in [1.807, 2.05) is 54.8 Å². The lowest BCUT2D eigenvalue weighted by molar-refractivity contribution is -0.137. The van der Waals surface area contributed by atoms with Crippen LogP contribution in [-0.2, 0) is 11.3 Å². The Kier molecular flexibility index (Phi) is 3.89. The molecule has 0 fully saturated rings. The molecule has 0 saturated carbocycles. The van der Waals surface area contributed by atoms with E-state index in [1.54, 1.807) is 6.07 Å². The largest absolute Gasteiger partial charge is 0.480 e. The van der Waals surface area contributed by atoms with Crippen molar-refractivity contribution in [2.24, 2.45) is 0 Å². The molecule has 1 N–H and O–H groups in total. The topological polar surface area (TPSA) is 78.9 Å². The van der Waals surface area contributed by atoms with Gasteiger partial charge in [-0.3, -0.25) is 4.79 Å². The maximum atomic E-state index is 11.4. The van der Waals surface area contributed by atoms with E-state index in [4.69, 9.17) is 0 Å². The Hall–Kier alpha value is -3.65. The number of aliphatic carboxylic acids is 1. The van der Waals surface area contributed by atoms with Gasteiger partial charge < -0.3 is 9.67 Å². The Bertz CT molecular complexity index is 1260. The lowest BCUT2D eigenvalue weighted by Gasteiger charge is -2.09. The monoisotopic (exact) mass is 355 g/mol. The number of hydrogen-bond donors (Lipinski definition) is 1. The lowest BCUT2D eigenvalue weighted by Crippen LogP contribution is -2.09. The summed E-state index contributed by atoms with van der Waals surface area (Å²) >= 11 is 0. The molecule has 0 spiro atoms. The molecule has 2 heterocycles. The quantitative estimate of drug-likeness (QED) is 0.590. The number of para-hydroxylation sites is 1. The normalized spacial score (nSPS) is 11.0. The second-order valence-electron chi connectivity index (χ2n) is 6.64. The number of nitrogens with zero attached hydrogens (tertiary/aromatic N) is 3. The van der Waals surface area contributed by atoms with Crippen molar-refractivity contribution in [2.75, 3.05) is 0 Å². The van der Waals surface area contributed by atoms with Crippen molar-refractivity contribution < 1.29 is 9.90 Å². The number of pyridine rings is 1. The smallest absolute Gasteiger partial charge is 0.323 e. The molecule has 0 radical (unpaired) electrons. The molecule has 0 atom stereocenters. The Morgan fingerprint density at radius 1 is 1.15 bits per heavy atom.